The predicted octanol–water partition coefficient (Wildman–Crippen LogP) is -1.22. The molecule has 0 saturated heterocycles. The van der Waals surface area contributed by atoms with Gasteiger partial charge in [-0.15, -0.1) is 0 Å². The Kier molecular flexibility index (Phi) is 20.0. The standard InChI is InChI=1S/CH2O2.Ba.2H/c2-1-3;;;/h1H,(H,2,3);;;. The second-order valence-corrected chi connectivity index (χ2v) is 0.105. The molecule has 0 aromatic rings. The average molecular weight is 185 g/mol. The van der Waals surface area contributed by atoms with Crippen molar-refractivity contribution in [3.05, 3.63) is 0 Å². The molecule has 4 heavy (non-hydrogen) atoms. The maximum atomic E-state index is 8.36. The summed E-state index contributed by atoms with van der Waals surface area (Å²) in [6.07, 6.45) is 0. The number of rotatable bonds is 0. The molecule has 3 heteroatoms. The van der Waals surface area contributed by atoms with Gasteiger partial charge in [0.15, 0.2) is 0 Å². The predicted molar refractivity (Wildman–Crippen MR) is 17.2 cm³/mol. The van der Waals surface area contributed by atoms with Crippen LogP contribution in [0.2, 0.25) is 0 Å². The number of hydrogen-bond acceptors (Lipinski definition) is 1. The van der Waals surface area contributed by atoms with E-state index in [0.717, 1.165) is 0 Å². The molecule has 0 rings (SSSR count). The number of hydrogen-bond donors (Lipinski definition) is 1. The van der Waals surface area contributed by atoms with Gasteiger partial charge in [0.05, 0.1) is 0 Å². The van der Waals surface area contributed by atoms with Gasteiger partial charge in [0.25, 0.3) is 6.47 Å². The quantitative estimate of drug-likeness (QED) is 0.380. The van der Waals surface area contributed by atoms with E-state index in [1.54, 1.807) is 0 Å². The van der Waals surface area contributed by atoms with Crippen molar-refractivity contribution in [2.24, 2.45) is 0 Å². The van der Waals surface area contributed by atoms with Gasteiger partial charge in [-0.05, 0) is 0 Å². The van der Waals surface area contributed by atoms with Crippen molar-refractivity contribution in [2.45, 2.75) is 0 Å². The second-order valence-electron chi connectivity index (χ2n) is 0.105. The Hall–Kier alpha value is 1.04. The molecule has 0 aromatic heterocycles. The molecule has 22 valence electrons. The van der Waals surface area contributed by atoms with Crippen molar-refractivity contribution in [1.29, 1.82) is 0 Å². The van der Waals surface area contributed by atoms with Crippen LogP contribution in [-0.2, 0) is 4.79 Å². The van der Waals surface area contributed by atoms with Crippen LogP contribution in [0.4, 0.5) is 0 Å². The molecule has 0 heterocycles. The van der Waals surface area contributed by atoms with Gasteiger partial charge in [-0.3, -0.25) is 4.79 Å². The molecule has 0 aliphatic heterocycles. The van der Waals surface area contributed by atoms with Crippen molar-refractivity contribution < 1.29 is 9.90 Å². The third-order valence-corrected chi connectivity index (χ3v) is 0. The minimum absolute atomic E-state index is 0. The zero-order valence-electron chi connectivity index (χ0n) is 1.43. The molecule has 0 aliphatic carbocycles. The first kappa shape index (κ1) is 8.90. The van der Waals surface area contributed by atoms with Gasteiger partial charge in [-0.25, -0.2) is 0 Å². The van der Waals surface area contributed by atoms with E-state index in [9.17, 15) is 0 Å². The molecule has 0 radical (unpaired) electrons. The summed E-state index contributed by atoms with van der Waals surface area (Å²) in [6.45, 7) is -0.250. The van der Waals surface area contributed by atoms with Crippen molar-refractivity contribution in [2.75, 3.05) is 0 Å². The fourth-order valence-corrected chi connectivity index (χ4v) is 0. The Labute approximate surface area is 64.3 Å². The Bertz CT molecular complexity index is 13.5. The molecule has 0 saturated carbocycles. The Morgan fingerprint density at radius 3 is 1.75 bits per heavy atom. The van der Waals surface area contributed by atoms with Crippen molar-refractivity contribution in [3.63, 3.8) is 0 Å². The Balaban J connectivity index is 0. The van der Waals surface area contributed by atoms with Gasteiger partial charge in [0.2, 0.25) is 0 Å². The van der Waals surface area contributed by atoms with Crippen LogP contribution in [0.15, 0.2) is 0 Å². The van der Waals surface area contributed by atoms with E-state index < -0.39 is 0 Å². The van der Waals surface area contributed by atoms with Crippen LogP contribution in [-0.4, -0.2) is 60.5 Å². The van der Waals surface area contributed by atoms with E-state index in [-0.39, 0.29) is 55.4 Å². The molecule has 2 nitrogen and oxygen atoms in total. The van der Waals surface area contributed by atoms with Crippen LogP contribution < -0.4 is 0 Å². The first-order valence-corrected chi connectivity index (χ1v) is 0.494. The average Bonchev–Trinajstić information content (AvgIpc) is 0.918. The molecule has 0 bridgehead atoms. The van der Waals surface area contributed by atoms with Crippen molar-refractivity contribution in [3.8, 4) is 0 Å². The van der Waals surface area contributed by atoms with E-state index >= 15 is 0 Å². The Morgan fingerprint density at radius 1 is 1.75 bits per heavy atom. The zero-order valence-corrected chi connectivity index (χ0v) is 1.43. The minimum atomic E-state index is -0.250. The fraction of sp³-hybridized carbons (Fsp3) is 0. The number of carbonyl (C=O) groups is 1. The first-order valence-electron chi connectivity index (χ1n) is 0.494. The summed E-state index contributed by atoms with van der Waals surface area (Å²) >= 11 is 0. The van der Waals surface area contributed by atoms with Crippen molar-refractivity contribution >= 4 is 55.4 Å². The SMILES string of the molecule is O=CO.[BaH2]. The molecule has 0 fully saturated rings. The van der Waals surface area contributed by atoms with Crippen molar-refractivity contribution in [1.82, 2.24) is 0 Å². The van der Waals surface area contributed by atoms with Crippen LogP contribution >= 0.6 is 0 Å². The van der Waals surface area contributed by atoms with Gasteiger partial charge in [0.1, 0.15) is 0 Å². The van der Waals surface area contributed by atoms with Crippen LogP contribution in [0.5, 0.6) is 0 Å². The molecule has 0 aliphatic rings. The normalized spacial score (nSPS) is 3.00. The molecule has 0 amide bonds. The van der Waals surface area contributed by atoms with Gasteiger partial charge in [-0.2, -0.15) is 0 Å². The van der Waals surface area contributed by atoms with E-state index in [4.69, 9.17) is 9.90 Å². The fourth-order valence-electron chi connectivity index (χ4n) is 0. The van der Waals surface area contributed by atoms with Gasteiger partial charge >= 0.3 is 48.9 Å². The second kappa shape index (κ2) is 8.97. The van der Waals surface area contributed by atoms with Crippen LogP contribution in [0.3, 0.4) is 0 Å². The van der Waals surface area contributed by atoms with E-state index in [2.05, 4.69) is 0 Å². The maximum absolute atomic E-state index is 8.36. The molecule has 0 aromatic carbocycles. The molecular formula is CH4BaO2. The summed E-state index contributed by atoms with van der Waals surface area (Å²) in [5.41, 5.74) is 0. The van der Waals surface area contributed by atoms with Gasteiger partial charge < -0.3 is 5.11 Å². The number of carboxylic acid groups (broad SMARTS) is 1. The molecule has 0 atom stereocenters. The van der Waals surface area contributed by atoms with Gasteiger partial charge in [0, 0.05) is 0 Å². The monoisotopic (exact) mass is 186 g/mol. The van der Waals surface area contributed by atoms with E-state index in [1.807, 2.05) is 0 Å². The first-order chi connectivity index (χ1) is 1.41. The topological polar surface area (TPSA) is 37.3 Å². The van der Waals surface area contributed by atoms with Crippen LogP contribution in [0.1, 0.15) is 0 Å². The molecular weight excluding hydrogens is 181 g/mol. The third kappa shape index (κ3) is 11.7. The summed E-state index contributed by atoms with van der Waals surface area (Å²) < 4.78 is 0. The summed E-state index contributed by atoms with van der Waals surface area (Å²) in [5.74, 6) is 0. The van der Waals surface area contributed by atoms with Crippen LogP contribution in [0.25, 0.3) is 0 Å². The molecule has 0 unspecified atom stereocenters. The molecule has 1 N–H and O–H groups in total. The third-order valence-electron chi connectivity index (χ3n) is 0. The summed E-state index contributed by atoms with van der Waals surface area (Å²) in [5, 5.41) is 6.89. The zero-order chi connectivity index (χ0) is 2.71. The van der Waals surface area contributed by atoms with E-state index in [1.165, 1.54) is 0 Å². The summed E-state index contributed by atoms with van der Waals surface area (Å²) in [6, 6.07) is 0. The summed E-state index contributed by atoms with van der Waals surface area (Å²) in [7, 11) is 0. The Morgan fingerprint density at radius 2 is 1.75 bits per heavy atom. The van der Waals surface area contributed by atoms with Gasteiger partial charge in [-0.1, -0.05) is 0 Å². The van der Waals surface area contributed by atoms with E-state index in [0.29, 0.717) is 0 Å². The summed E-state index contributed by atoms with van der Waals surface area (Å²) in [4.78, 5) is 8.36. The molecule has 0 spiro atoms. The van der Waals surface area contributed by atoms with Crippen LogP contribution in [0, 0.1) is 0 Å².